The Hall–Kier alpha value is -1.88. The molecule has 0 atom stereocenters. The van der Waals surface area contributed by atoms with Crippen LogP contribution in [0.2, 0.25) is 0 Å². The highest BCUT2D eigenvalue weighted by molar-refractivity contribution is 5.99. The van der Waals surface area contributed by atoms with Gasteiger partial charge < -0.3 is 14.6 Å². The van der Waals surface area contributed by atoms with E-state index in [4.69, 9.17) is 0 Å². The Balaban J connectivity index is 2.05. The predicted molar refractivity (Wildman–Crippen MR) is 75.4 cm³/mol. The summed E-state index contributed by atoms with van der Waals surface area (Å²) in [6.45, 7) is 3.53. The molecule has 0 unspecified atom stereocenters. The summed E-state index contributed by atoms with van der Waals surface area (Å²) < 4.78 is 1.93. The van der Waals surface area contributed by atoms with Crippen molar-refractivity contribution in [1.82, 2.24) is 19.6 Å². The maximum Gasteiger partial charge on any atom is 0.272 e. The fourth-order valence-corrected chi connectivity index (χ4v) is 2.04. The van der Waals surface area contributed by atoms with Crippen molar-refractivity contribution in [2.75, 3.05) is 27.2 Å². The third-order valence-corrected chi connectivity index (χ3v) is 3.01. The quantitative estimate of drug-likeness (QED) is 0.825. The first-order valence-corrected chi connectivity index (χ1v) is 6.46. The van der Waals surface area contributed by atoms with Crippen molar-refractivity contribution in [2.24, 2.45) is 0 Å². The van der Waals surface area contributed by atoms with Gasteiger partial charge in [0.15, 0.2) is 5.69 Å². The number of hydrogen-bond acceptors (Lipinski definition) is 3. The number of aryl methyl sites for hydroxylation is 1. The topological polar surface area (TPSA) is 49.6 Å². The molecule has 0 bridgehead atoms. The van der Waals surface area contributed by atoms with E-state index in [9.17, 15) is 4.79 Å². The van der Waals surface area contributed by atoms with Gasteiger partial charge in [0.25, 0.3) is 5.91 Å². The summed E-state index contributed by atoms with van der Waals surface area (Å²) in [5.74, 6) is 0.726. The number of pyridine rings is 1. The number of aromatic nitrogens is 2. The van der Waals surface area contributed by atoms with Gasteiger partial charge in [0.05, 0.1) is 5.52 Å². The molecule has 2 rings (SSSR count). The van der Waals surface area contributed by atoms with Crippen molar-refractivity contribution in [3.63, 3.8) is 0 Å². The lowest BCUT2D eigenvalue weighted by atomic mass is 10.3. The highest BCUT2D eigenvalue weighted by atomic mass is 16.1. The van der Waals surface area contributed by atoms with E-state index >= 15 is 0 Å². The van der Waals surface area contributed by atoms with E-state index in [1.807, 2.05) is 49.8 Å². The van der Waals surface area contributed by atoms with Crippen LogP contribution in [0.1, 0.15) is 22.7 Å². The molecule has 5 heteroatoms. The normalized spacial score (nSPS) is 11.2. The zero-order chi connectivity index (χ0) is 13.8. The number of hydrogen-bond donors (Lipinski definition) is 1. The molecule has 5 nitrogen and oxygen atoms in total. The molecule has 0 spiro atoms. The van der Waals surface area contributed by atoms with Crippen LogP contribution in [0.15, 0.2) is 24.4 Å². The smallest absolute Gasteiger partial charge is 0.272 e. The van der Waals surface area contributed by atoms with Crippen molar-refractivity contribution in [3.8, 4) is 0 Å². The van der Waals surface area contributed by atoms with Gasteiger partial charge in [-0.15, -0.1) is 0 Å². The summed E-state index contributed by atoms with van der Waals surface area (Å²) in [6.07, 6.45) is 2.85. The van der Waals surface area contributed by atoms with Crippen molar-refractivity contribution >= 4 is 11.4 Å². The summed E-state index contributed by atoms with van der Waals surface area (Å²) >= 11 is 0. The van der Waals surface area contributed by atoms with Gasteiger partial charge in [-0.3, -0.25) is 4.79 Å². The molecule has 0 aliphatic rings. The molecule has 2 aromatic heterocycles. The molecule has 0 aromatic carbocycles. The van der Waals surface area contributed by atoms with Crippen LogP contribution in [0.4, 0.5) is 0 Å². The number of carbonyl (C=O) groups excluding carboxylic acids is 1. The largest absolute Gasteiger partial charge is 0.351 e. The zero-order valence-electron chi connectivity index (χ0n) is 11.7. The second-order valence-corrected chi connectivity index (χ2v) is 4.88. The summed E-state index contributed by atoms with van der Waals surface area (Å²) in [4.78, 5) is 18.6. The third-order valence-electron chi connectivity index (χ3n) is 3.01. The first-order chi connectivity index (χ1) is 9.09. The molecule has 19 heavy (non-hydrogen) atoms. The van der Waals surface area contributed by atoms with Gasteiger partial charge in [-0.05, 0) is 46.1 Å². The van der Waals surface area contributed by atoms with Crippen LogP contribution in [0.25, 0.3) is 5.52 Å². The molecule has 1 N–H and O–H groups in total. The van der Waals surface area contributed by atoms with Crippen LogP contribution in [-0.2, 0) is 0 Å². The van der Waals surface area contributed by atoms with E-state index in [0.717, 1.165) is 24.3 Å². The van der Waals surface area contributed by atoms with Gasteiger partial charge in [-0.1, -0.05) is 6.07 Å². The minimum absolute atomic E-state index is 0.101. The molecule has 0 saturated heterocycles. The summed E-state index contributed by atoms with van der Waals surface area (Å²) in [5.41, 5.74) is 1.35. The number of imidazole rings is 1. The molecule has 0 radical (unpaired) electrons. The summed E-state index contributed by atoms with van der Waals surface area (Å²) in [6, 6.07) is 5.76. The number of nitrogens with one attached hydrogen (secondary N) is 1. The maximum absolute atomic E-state index is 12.1. The number of carbonyl (C=O) groups is 1. The van der Waals surface area contributed by atoms with E-state index < -0.39 is 0 Å². The van der Waals surface area contributed by atoms with Gasteiger partial charge in [0, 0.05) is 12.7 Å². The van der Waals surface area contributed by atoms with E-state index in [-0.39, 0.29) is 5.91 Å². The average Bonchev–Trinajstić information content (AvgIpc) is 2.72. The van der Waals surface area contributed by atoms with Gasteiger partial charge in [0.1, 0.15) is 5.82 Å². The number of rotatable bonds is 5. The Morgan fingerprint density at radius 2 is 2.21 bits per heavy atom. The lowest BCUT2D eigenvalue weighted by molar-refractivity contribution is 0.0949. The zero-order valence-corrected chi connectivity index (χ0v) is 11.7. The Morgan fingerprint density at radius 1 is 1.42 bits per heavy atom. The fraction of sp³-hybridized carbons (Fsp3) is 0.429. The molecular formula is C14H20N4O. The van der Waals surface area contributed by atoms with Crippen LogP contribution in [0.5, 0.6) is 0 Å². The molecule has 2 heterocycles. The Morgan fingerprint density at radius 3 is 2.95 bits per heavy atom. The Kier molecular flexibility index (Phi) is 4.16. The van der Waals surface area contributed by atoms with E-state index in [1.54, 1.807) is 0 Å². The monoisotopic (exact) mass is 260 g/mol. The first-order valence-electron chi connectivity index (χ1n) is 6.46. The van der Waals surface area contributed by atoms with Crippen LogP contribution in [0.3, 0.4) is 0 Å². The number of fused-ring (bicyclic) bond motifs is 1. The molecular weight excluding hydrogens is 240 g/mol. The maximum atomic E-state index is 12.1. The van der Waals surface area contributed by atoms with Gasteiger partial charge >= 0.3 is 0 Å². The highest BCUT2D eigenvalue weighted by Gasteiger charge is 2.14. The highest BCUT2D eigenvalue weighted by Crippen LogP contribution is 2.12. The molecule has 0 saturated carbocycles. The average molecular weight is 260 g/mol. The molecule has 0 fully saturated rings. The predicted octanol–water partition coefficient (Wildman–Crippen LogP) is 1.32. The van der Waals surface area contributed by atoms with Gasteiger partial charge in [-0.2, -0.15) is 0 Å². The van der Waals surface area contributed by atoms with Crippen LogP contribution in [0, 0.1) is 6.92 Å². The third kappa shape index (κ3) is 3.12. The fourth-order valence-electron chi connectivity index (χ4n) is 2.04. The van der Waals surface area contributed by atoms with Crippen LogP contribution in [-0.4, -0.2) is 47.4 Å². The summed E-state index contributed by atoms with van der Waals surface area (Å²) in [5, 5.41) is 2.92. The standard InChI is InChI=1S/C14H20N4O/c1-11-16-13(12-7-4-5-10-18(11)12)14(19)15-8-6-9-17(2)3/h4-5,7,10H,6,8-9H2,1-3H3,(H,15,19). The van der Waals surface area contributed by atoms with Crippen LogP contribution >= 0.6 is 0 Å². The SMILES string of the molecule is Cc1nc(C(=O)NCCCN(C)C)c2ccccn12. The minimum Gasteiger partial charge on any atom is -0.351 e. The van der Waals surface area contributed by atoms with E-state index in [0.29, 0.717) is 12.2 Å². The van der Waals surface area contributed by atoms with E-state index in [1.165, 1.54) is 0 Å². The molecule has 0 aliphatic heterocycles. The molecule has 2 aromatic rings. The minimum atomic E-state index is -0.101. The lowest BCUT2D eigenvalue weighted by Gasteiger charge is -2.09. The van der Waals surface area contributed by atoms with Crippen molar-refractivity contribution in [3.05, 3.63) is 35.9 Å². The first kappa shape index (κ1) is 13.5. The molecule has 102 valence electrons. The Labute approximate surface area is 113 Å². The second kappa shape index (κ2) is 5.84. The summed E-state index contributed by atoms with van der Waals surface area (Å²) in [7, 11) is 4.04. The second-order valence-electron chi connectivity index (χ2n) is 4.88. The lowest BCUT2D eigenvalue weighted by Crippen LogP contribution is -2.27. The van der Waals surface area contributed by atoms with Gasteiger partial charge in [-0.25, -0.2) is 4.98 Å². The van der Waals surface area contributed by atoms with E-state index in [2.05, 4.69) is 15.2 Å². The van der Waals surface area contributed by atoms with Crippen molar-refractivity contribution < 1.29 is 4.79 Å². The molecule has 1 amide bonds. The molecule has 0 aliphatic carbocycles. The van der Waals surface area contributed by atoms with Crippen LogP contribution < -0.4 is 5.32 Å². The van der Waals surface area contributed by atoms with Crippen molar-refractivity contribution in [1.29, 1.82) is 0 Å². The Bertz CT molecular complexity index is 574. The number of amides is 1. The number of nitrogens with zero attached hydrogens (tertiary/aromatic N) is 3. The van der Waals surface area contributed by atoms with Crippen molar-refractivity contribution in [2.45, 2.75) is 13.3 Å². The van der Waals surface area contributed by atoms with Gasteiger partial charge in [0.2, 0.25) is 0 Å².